The fourth-order valence-electron chi connectivity index (χ4n) is 1.47. The molecular weight excluding hydrogens is 287 g/mol. The van der Waals surface area contributed by atoms with Gasteiger partial charge in [-0.15, -0.1) is 0 Å². The summed E-state index contributed by atoms with van der Waals surface area (Å²) in [4.78, 5) is 19.5. The number of amides is 1. The third kappa shape index (κ3) is 3.64. The number of hydrogen-bond acceptors (Lipinski definition) is 4. The van der Waals surface area contributed by atoms with Crippen molar-refractivity contribution in [2.24, 2.45) is 5.73 Å². The van der Waals surface area contributed by atoms with Crippen molar-refractivity contribution in [3.63, 3.8) is 0 Å². The van der Waals surface area contributed by atoms with Gasteiger partial charge in [-0.05, 0) is 17.2 Å². The molecule has 0 aliphatic carbocycles. The van der Waals surface area contributed by atoms with Crippen LogP contribution in [0.4, 0.5) is 5.82 Å². The number of halogens is 2. The first-order valence-electron chi connectivity index (χ1n) is 5.38. The third-order valence-corrected chi connectivity index (χ3v) is 2.72. The van der Waals surface area contributed by atoms with Crippen molar-refractivity contribution in [3.05, 3.63) is 52.4 Å². The largest absolute Gasteiger partial charge is 0.316 e. The highest BCUT2D eigenvalue weighted by Crippen LogP contribution is 2.16. The lowest BCUT2D eigenvalue weighted by Gasteiger charge is -2.12. The van der Waals surface area contributed by atoms with Crippen LogP contribution < -0.4 is 11.1 Å². The summed E-state index contributed by atoms with van der Waals surface area (Å²) in [5.41, 5.74) is 6.54. The van der Waals surface area contributed by atoms with Gasteiger partial charge in [-0.3, -0.25) is 4.79 Å². The predicted octanol–water partition coefficient (Wildman–Crippen LogP) is 2.42. The Kier molecular flexibility index (Phi) is 4.31. The van der Waals surface area contributed by atoms with Crippen LogP contribution in [0.1, 0.15) is 11.6 Å². The Labute approximate surface area is 119 Å². The second kappa shape index (κ2) is 5.97. The summed E-state index contributed by atoms with van der Waals surface area (Å²) >= 11 is 11.4. The first-order valence-corrected chi connectivity index (χ1v) is 6.13. The van der Waals surface area contributed by atoms with E-state index in [-0.39, 0.29) is 16.3 Å². The van der Waals surface area contributed by atoms with Crippen molar-refractivity contribution in [2.45, 2.75) is 6.04 Å². The van der Waals surface area contributed by atoms with Crippen LogP contribution >= 0.6 is 23.2 Å². The van der Waals surface area contributed by atoms with Gasteiger partial charge in [0, 0.05) is 6.07 Å². The number of carbonyl (C=O) groups excluding carboxylic acids is 1. The molecule has 0 bridgehead atoms. The number of hydrogen-bond donors (Lipinski definition) is 2. The topological polar surface area (TPSA) is 80.9 Å². The van der Waals surface area contributed by atoms with Gasteiger partial charge in [0.1, 0.15) is 17.0 Å². The molecule has 2 aromatic rings. The van der Waals surface area contributed by atoms with Gasteiger partial charge in [-0.1, -0.05) is 41.9 Å². The number of aromatic nitrogens is 2. The van der Waals surface area contributed by atoms with E-state index in [1.54, 1.807) is 24.3 Å². The predicted molar refractivity (Wildman–Crippen MR) is 74.1 cm³/mol. The van der Waals surface area contributed by atoms with Crippen molar-refractivity contribution in [1.29, 1.82) is 0 Å². The molecule has 5 nitrogen and oxygen atoms in total. The van der Waals surface area contributed by atoms with Crippen molar-refractivity contribution in [1.82, 2.24) is 9.97 Å². The summed E-state index contributed by atoms with van der Waals surface area (Å²) in [6.07, 6.45) is 0. The van der Waals surface area contributed by atoms with Gasteiger partial charge in [0.05, 0.1) is 0 Å². The number of carbonyl (C=O) groups is 1. The molecule has 7 heteroatoms. The maximum absolute atomic E-state index is 12.0. The number of anilines is 1. The minimum Gasteiger partial charge on any atom is -0.316 e. The summed E-state index contributed by atoms with van der Waals surface area (Å²) in [6, 6.07) is 9.59. The second-order valence-corrected chi connectivity index (χ2v) is 4.45. The molecule has 0 saturated carbocycles. The van der Waals surface area contributed by atoms with Crippen LogP contribution in [0, 0.1) is 0 Å². The Balaban J connectivity index is 2.13. The van der Waals surface area contributed by atoms with Crippen LogP contribution in [0.25, 0.3) is 0 Å². The SMILES string of the molecule is N[C@H](C(=O)Nc1cc(Cl)nc(Cl)n1)c1ccccc1. The lowest BCUT2D eigenvalue weighted by atomic mass is 10.1. The first kappa shape index (κ1) is 13.7. The summed E-state index contributed by atoms with van der Waals surface area (Å²) in [5, 5.41) is 2.63. The zero-order valence-corrected chi connectivity index (χ0v) is 11.2. The van der Waals surface area contributed by atoms with Crippen molar-refractivity contribution in [2.75, 3.05) is 5.32 Å². The Morgan fingerprint density at radius 1 is 1.21 bits per heavy atom. The van der Waals surface area contributed by atoms with Gasteiger partial charge >= 0.3 is 0 Å². The highest BCUT2D eigenvalue weighted by molar-refractivity contribution is 6.32. The Bertz CT molecular complexity index is 571. The van der Waals surface area contributed by atoms with E-state index < -0.39 is 11.9 Å². The van der Waals surface area contributed by atoms with Gasteiger partial charge < -0.3 is 11.1 Å². The fraction of sp³-hybridized carbons (Fsp3) is 0.0833. The quantitative estimate of drug-likeness (QED) is 0.673. The van der Waals surface area contributed by atoms with E-state index >= 15 is 0 Å². The van der Waals surface area contributed by atoms with E-state index in [0.717, 1.165) is 0 Å². The molecule has 1 atom stereocenters. The van der Waals surface area contributed by atoms with Crippen LogP contribution in [-0.2, 0) is 4.79 Å². The maximum Gasteiger partial charge on any atom is 0.247 e. The molecule has 1 amide bonds. The average molecular weight is 297 g/mol. The Hall–Kier alpha value is -1.69. The fourth-order valence-corrected chi connectivity index (χ4v) is 1.88. The van der Waals surface area contributed by atoms with E-state index in [4.69, 9.17) is 28.9 Å². The van der Waals surface area contributed by atoms with Gasteiger partial charge in [0.25, 0.3) is 0 Å². The summed E-state index contributed by atoms with van der Waals surface area (Å²) in [6.45, 7) is 0. The van der Waals surface area contributed by atoms with Gasteiger partial charge in [-0.25, -0.2) is 9.97 Å². The Morgan fingerprint density at radius 3 is 2.53 bits per heavy atom. The molecule has 98 valence electrons. The van der Waals surface area contributed by atoms with Crippen molar-refractivity contribution in [3.8, 4) is 0 Å². The van der Waals surface area contributed by atoms with E-state index in [0.29, 0.717) is 5.56 Å². The zero-order valence-electron chi connectivity index (χ0n) is 9.68. The monoisotopic (exact) mass is 296 g/mol. The number of nitrogens with one attached hydrogen (secondary N) is 1. The van der Waals surface area contributed by atoms with E-state index in [2.05, 4.69) is 15.3 Å². The molecule has 0 saturated heterocycles. The zero-order chi connectivity index (χ0) is 13.8. The van der Waals surface area contributed by atoms with Gasteiger partial charge in [-0.2, -0.15) is 0 Å². The third-order valence-electron chi connectivity index (χ3n) is 2.36. The van der Waals surface area contributed by atoms with Crippen LogP contribution in [0.3, 0.4) is 0 Å². The lowest BCUT2D eigenvalue weighted by molar-refractivity contribution is -0.117. The molecule has 0 unspecified atom stereocenters. The molecular formula is C12H10Cl2N4O. The summed E-state index contributed by atoms with van der Waals surface area (Å²) in [5.74, 6) is -0.196. The van der Waals surface area contributed by atoms with Crippen LogP contribution in [-0.4, -0.2) is 15.9 Å². The van der Waals surface area contributed by atoms with Gasteiger partial charge in [0.2, 0.25) is 11.2 Å². The molecule has 1 heterocycles. The minimum atomic E-state index is -0.797. The summed E-state index contributed by atoms with van der Waals surface area (Å²) in [7, 11) is 0. The van der Waals surface area contributed by atoms with Crippen LogP contribution in [0.2, 0.25) is 10.4 Å². The minimum absolute atomic E-state index is 0.0453. The molecule has 1 aromatic heterocycles. The molecule has 1 aromatic carbocycles. The molecule has 3 N–H and O–H groups in total. The molecule has 0 spiro atoms. The van der Waals surface area contributed by atoms with Crippen molar-refractivity contribution < 1.29 is 4.79 Å². The highest BCUT2D eigenvalue weighted by atomic mass is 35.5. The van der Waals surface area contributed by atoms with E-state index in [1.165, 1.54) is 6.07 Å². The maximum atomic E-state index is 12.0. The highest BCUT2D eigenvalue weighted by Gasteiger charge is 2.16. The smallest absolute Gasteiger partial charge is 0.247 e. The summed E-state index contributed by atoms with van der Waals surface area (Å²) < 4.78 is 0. The lowest BCUT2D eigenvalue weighted by Crippen LogP contribution is -2.28. The number of nitrogens with two attached hydrogens (primary N) is 1. The molecule has 0 aliphatic heterocycles. The normalized spacial score (nSPS) is 11.9. The van der Waals surface area contributed by atoms with Crippen molar-refractivity contribution >= 4 is 34.9 Å². The molecule has 19 heavy (non-hydrogen) atoms. The number of rotatable bonds is 3. The van der Waals surface area contributed by atoms with Crippen LogP contribution in [0.5, 0.6) is 0 Å². The molecule has 0 radical (unpaired) electrons. The standard InChI is InChI=1S/C12H10Cl2N4O/c13-8-6-9(18-12(14)16-8)17-11(19)10(15)7-4-2-1-3-5-7/h1-6,10H,15H2,(H,16,17,18,19)/t10-/m0/s1. The van der Waals surface area contributed by atoms with E-state index in [9.17, 15) is 4.79 Å². The Morgan fingerprint density at radius 2 is 1.89 bits per heavy atom. The first-order chi connectivity index (χ1) is 9.06. The molecule has 0 aliphatic rings. The second-order valence-electron chi connectivity index (χ2n) is 3.72. The van der Waals surface area contributed by atoms with Gasteiger partial charge in [0.15, 0.2) is 0 Å². The van der Waals surface area contributed by atoms with Crippen LogP contribution in [0.15, 0.2) is 36.4 Å². The van der Waals surface area contributed by atoms with E-state index in [1.807, 2.05) is 6.07 Å². The number of benzene rings is 1. The average Bonchev–Trinajstić information content (AvgIpc) is 2.37. The number of nitrogens with zero attached hydrogens (tertiary/aromatic N) is 2. The molecule has 2 rings (SSSR count). The molecule has 0 fully saturated rings.